The molecule has 2 heterocycles. The number of amides is 2. The van der Waals surface area contributed by atoms with Gasteiger partial charge in [-0.15, -0.1) is 0 Å². The molecule has 2 aromatic heterocycles. The Labute approximate surface area is 179 Å². The molecular weight excluding hydrogens is 558 g/mol. The molecule has 0 aliphatic rings. The van der Waals surface area contributed by atoms with Gasteiger partial charge in [0, 0.05) is 83.1 Å². The largest absolute Gasteiger partial charge is 0.344 e. The molecular formula is C18H14I2N4O2. The number of nitrogens with one attached hydrogen (secondary N) is 2. The summed E-state index contributed by atoms with van der Waals surface area (Å²) >= 11 is 3.89. The first kappa shape index (κ1) is 21.9. The average molecular weight is 572 g/mol. The van der Waals surface area contributed by atoms with Gasteiger partial charge in [-0.25, -0.2) is 0 Å². The van der Waals surface area contributed by atoms with Crippen LogP contribution in [0.2, 0.25) is 0 Å². The van der Waals surface area contributed by atoms with Gasteiger partial charge in [0.2, 0.25) is 0 Å². The fraction of sp³-hybridized carbons (Fsp3) is 0.111. The summed E-state index contributed by atoms with van der Waals surface area (Å²) in [4.78, 5) is 30.9. The van der Waals surface area contributed by atoms with Crippen LogP contribution in [0.25, 0.3) is 0 Å². The number of carbonyl (C=O) groups is 2. The molecule has 26 heavy (non-hydrogen) atoms. The quantitative estimate of drug-likeness (QED) is 0.335. The lowest BCUT2D eigenvalue weighted by molar-refractivity contribution is -0.139. The number of hydrogen-bond donors (Lipinski definition) is 2. The van der Waals surface area contributed by atoms with E-state index in [4.69, 9.17) is 0 Å². The highest BCUT2D eigenvalue weighted by atomic mass is 127. The molecule has 8 heteroatoms. The molecule has 132 valence electrons. The number of nitrogens with zero attached hydrogens (tertiary/aromatic N) is 2. The maximum Gasteiger partial charge on any atom is 0.309 e. The topological polar surface area (TPSA) is 84.0 Å². The van der Waals surface area contributed by atoms with Crippen LogP contribution in [0.1, 0.15) is 11.1 Å². The first-order valence-electron chi connectivity index (χ1n) is 7.22. The molecule has 0 saturated carbocycles. The molecule has 0 saturated heterocycles. The van der Waals surface area contributed by atoms with Crippen molar-refractivity contribution in [2.45, 2.75) is 13.1 Å². The van der Waals surface area contributed by atoms with Gasteiger partial charge in [-0.05, 0) is 55.1 Å². The molecule has 0 bridgehead atoms. The highest BCUT2D eigenvalue weighted by Gasteiger charge is 2.12. The molecule has 0 fully saturated rings. The van der Waals surface area contributed by atoms with Crippen LogP contribution < -0.4 is 10.6 Å². The summed E-state index contributed by atoms with van der Waals surface area (Å²) < 4.78 is 5.22. The van der Waals surface area contributed by atoms with E-state index in [1.54, 1.807) is 49.1 Å². The zero-order valence-corrected chi connectivity index (χ0v) is 17.8. The van der Waals surface area contributed by atoms with Crippen molar-refractivity contribution in [1.29, 1.82) is 0 Å². The molecule has 0 aromatic carbocycles. The van der Waals surface area contributed by atoms with Gasteiger partial charge in [0.25, 0.3) is 0 Å². The van der Waals surface area contributed by atoms with E-state index in [1.807, 2.05) is 45.2 Å². The smallest absolute Gasteiger partial charge is 0.309 e. The maximum absolute atomic E-state index is 11.6. The average Bonchev–Trinajstić information content (AvgIpc) is 2.70. The van der Waals surface area contributed by atoms with E-state index >= 15 is 0 Å². The fourth-order valence-corrected chi connectivity index (χ4v) is 1.84. The van der Waals surface area contributed by atoms with Crippen LogP contribution in [0.15, 0.2) is 49.1 Å². The maximum atomic E-state index is 11.6. The molecule has 2 amide bonds. The molecule has 0 aliphatic heterocycles. The van der Waals surface area contributed by atoms with Gasteiger partial charge >= 0.3 is 11.8 Å². The third-order valence-corrected chi connectivity index (χ3v) is 3.31. The van der Waals surface area contributed by atoms with Crippen molar-refractivity contribution in [3.05, 3.63) is 60.2 Å². The highest BCUT2D eigenvalue weighted by molar-refractivity contribution is 14.1. The lowest BCUT2D eigenvalue weighted by Gasteiger charge is -2.06. The van der Waals surface area contributed by atoms with Crippen molar-refractivity contribution in [2.24, 2.45) is 0 Å². The Bertz CT molecular complexity index is 751. The summed E-state index contributed by atoms with van der Waals surface area (Å²) in [6, 6.07) is 7.09. The van der Waals surface area contributed by atoms with E-state index < -0.39 is 11.8 Å². The van der Waals surface area contributed by atoms with Crippen LogP contribution in [-0.2, 0) is 22.7 Å². The zero-order valence-electron chi connectivity index (χ0n) is 13.5. The number of aromatic nitrogens is 2. The predicted octanol–water partition coefficient (Wildman–Crippen LogP) is 2.19. The van der Waals surface area contributed by atoms with E-state index in [2.05, 4.69) is 40.3 Å². The van der Waals surface area contributed by atoms with Gasteiger partial charge in [0.1, 0.15) is 0 Å². The summed E-state index contributed by atoms with van der Waals surface area (Å²) in [5, 5.41) is 5.09. The molecule has 2 rings (SSSR count). The first-order valence-corrected chi connectivity index (χ1v) is 9.38. The lowest BCUT2D eigenvalue weighted by Crippen LogP contribution is -2.39. The molecule has 0 spiro atoms. The Morgan fingerprint density at radius 1 is 0.769 bits per heavy atom. The van der Waals surface area contributed by atoms with Crippen molar-refractivity contribution in [2.75, 3.05) is 0 Å². The second-order valence-corrected chi connectivity index (χ2v) is 5.59. The minimum absolute atomic E-state index is 0.296. The number of carbonyl (C=O) groups excluding carboxylic acids is 2. The predicted molar refractivity (Wildman–Crippen MR) is 116 cm³/mol. The second kappa shape index (κ2) is 14.0. The highest BCUT2D eigenvalue weighted by Crippen LogP contribution is 1.96. The molecule has 6 nitrogen and oxygen atoms in total. The van der Waals surface area contributed by atoms with E-state index in [-0.39, 0.29) is 0 Å². The second-order valence-electron chi connectivity index (χ2n) is 4.52. The first-order chi connectivity index (χ1) is 12.7. The Hall–Kier alpha value is -2.18. The molecule has 2 aromatic rings. The number of pyridine rings is 2. The summed E-state index contributed by atoms with van der Waals surface area (Å²) in [5.74, 6) is 3.82. The van der Waals surface area contributed by atoms with Crippen LogP contribution in [0.5, 0.6) is 0 Å². The van der Waals surface area contributed by atoms with E-state index in [9.17, 15) is 9.59 Å². The molecule has 2 N–H and O–H groups in total. The van der Waals surface area contributed by atoms with Crippen LogP contribution in [0, 0.1) is 19.7 Å². The van der Waals surface area contributed by atoms with E-state index in [1.165, 1.54) is 0 Å². The third kappa shape index (κ3) is 9.96. The van der Waals surface area contributed by atoms with E-state index in [0.717, 1.165) is 11.1 Å². The van der Waals surface area contributed by atoms with Crippen molar-refractivity contribution >= 4 is 57.0 Å². The van der Waals surface area contributed by atoms with Crippen molar-refractivity contribution in [3.63, 3.8) is 0 Å². The van der Waals surface area contributed by atoms with Crippen LogP contribution in [-0.4, -0.2) is 21.8 Å². The third-order valence-electron chi connectivity index (χ3n) is 2.77. The van der Waals surface area contributed by atoms with Crippen molar-refractivity contribution < 1.29 is 9.59 Å². The molecule has 0 aliphatic carbocycles. The SMILES string of the molecule is IC#CC#CI.O=C(NCc1ccncc1)C(=O)NCc1ccncc1. The molecule has 0 unspecified atom stereocenters. The minimum atomic E-state index is -0.657. The van der Waals surface area contributed by atoms with Gasteiger partial charge in [0.15, 0.2) is 0 Å². The van der Waals surface area contributed by atoms with Crippen LogP contribution in [0.3, 0.4) is 0 Å². The number of hydrogen-bond acceptors (Lipinski definition) is 4. The standard InChI is InChI=1S/C14H14N4O2.C4I2/c19-13(17-9-11-1-5-15-6-2-11)14(20)18-10-12-3-7-16-8-4-12;5-3-1-2-4-6/h1-8H,9-10H2,(H,17,19)(H,18,20);. The summed E-state index contributed by atoms with van der Waals surface area (Å²) in [5.41, 5.74) is 1.77. The molecule has 0 radical (unpaired) electrons. The summed E-state index contributed by atoms with van der Waals surface area (Å²) in [6.07, 6.45) is 6.52. The molecule has 0 atom stereocenters. The van der Waals surface area contributed by atoms with Gasteiger partial charge in [-0.2, -0.15) is 0 Å². The van der Waals surface area contributed by atoms with Gasteiger partial charge in [0.05, 0.1) is 0 Å². The summed E-state index contributed by atoms with van der Waals surface area (Å²) in [6.45, 7) is 0.591. The van der Waals surface area contributed by atoms with Gasteiger partial charge in [-0.3, -0.25) is 19.6 Å². The van der Waals surface area contributed by atoms with Gasteiger partial charge in [-0.1, -0.05) is 0 Å². The van der Waals surface area contributed by atoms with Gasteiger partial charge < -0.3 is 10.6 Å². The monoisotopic (exact) mass is 572 g/mol. The lowest BCUT2D eigenvalue weighted by atomic mass is 10.2. The number of rotatable bonds is 4. The Morgan fingerprint density at radius 2 is 1.12 bits per heavy atom. The minimum Gasteiger partial charge on any atom is -0.344 e. The Kier molecular flexibility index (Phi) is 11.8. The summed E-state index contributed by atoms with van der Waals surface area (Å²) in [7, 11) is 0. The number of halogens is 2. The Morgan fingerprint density at radius 3 is 1.42 bits per heavy atom. The van der Waals surface area contributed by atoms with E-state index in [0.29, 0.717) is 13.1 Å². The van der Waals surface area contributed by atoms with Crippen LogP contribution in [0.4, 0.5) is 0 Å². The van der Waals surface area contributed by atoms with Crippen LogP contribution >= 0.6 is 45.2 Å². The van der Waals surface area contributed by atoms with Crippen molar-refractivity contribution in [1.82, 2.24) is 20.6 Å². The zero-order chi connectivity index (χ0) is 19.0. The fourth-order valence-electron chi connectivity index (χ4n) is 1.57. The van der Waals surface area contributed by atoms with Crippen molar-refractivity contribution in [3.8, 4) is 19.7 Å². The Balaban J connectivity index is 0.000000487. The normalized spacial score (nSPS) is 8.38.